The molecule has 1 saturated heterocycles. The largest absolute Gasteiger partial charge is 0.355 e. The average Bonchev–Trinajstić information content (AvgIpc) is 3.01. The molecule has 0 radical (unpaired) electrons. The van der Waals surface area contributed by atoms with E-state index in [9.17, 15) is 13.2 Å². The van der Waals surface area contributed by atoms with Crippen LogP contribution in [0, 0.1) is 0 Å². The van der Waals surface area contributed by atoms with Crippen LogP contribution in [0.3, 0.4) is 0 Å². The van der Waals surface area contributed by atoms with Gasteiger partial charge in [0.15, 0.2) is 0 Å². The Bertz CT molecular complexity index is 510. The number of likely N-dealkylation sites (N-methyl/N-ethyl adjacent to an activating group) is 1. The van der Waals surface area contributed by atoms with Crippen molar-refractivity contribution < 1.29 is 13.2 Å². The molecule has 2 heterocycles. The minimum absolute atomic E-state index is 0.199. The molecule has 1 amide bonds. The molecule has 0 spiro atoms. The van der Waals surface area contributed by atoms with Crippen molar-refractivity contribution in [3.05, 3.63) is 17.5 Å². The van der Waals surface area contributed by atoms with E-state index in [0.717, 1.165) is 6.42 Å². The number of hydrogen-bond acceptors (Lipinski definition) is 4. The van der Waals surface area contributed by atoms with E-state index in [4.69, 9.17) is 0 Å². The summed E-state index contributed by atoms with van der Waals surface area (Å²) in [6.45, 7) is 2.76. The summed E-state index contributed by atoms with van der Waals surface area (Å²) < 4.78 is 26.4. The van der Waals surface area contributed by atoms with E-state index in [1.807, 2.05) is 6.92 Å². The van der Waals surface area contributed by atoms with Crippen molar-refractivity contribution in [2.75, 3.05) is 13.1 Å². The molecule has 1 aromatic heterocycles. The van der Waals surface area contributed by atoms with Gasteiger partial charge in [-0.15, -0.1) is 11.3 Å². The molecule has 0 aliphatic carbocycles. The van der Waals surface area contributed by atoms with E-state index >= 15 is 0 Å². The highest BCUT2D eigenvalue weighted by molar-refractivity contribution is 7.91. The molecule has 1 aliphatic heterocycles. The lowest BCUT2D eigenvalue weighted by atomic mass is 10.2. The number of carbonyl (C=O) groups excluding carboxylic acids is 1. The van der Waals surface area contributed by atoms with Crippen molar-refractivity contribution in [2.24, 2.45) is 0 Å². The molecule has 1 aromatic rings. The van der Waals surface area contributed by atoms with Crippen LogP contribution in [0.4, 0.5) is 0 Å². The molecule has 1 fully saturated rings. The van der Waals surface area contributed by atoms with Gasteiger partial charge in [-0.2, -0.15) is 4.31 Å². The first kappa shape index (κ1) is 13.5. The number of sulfonamides is 1. The molecule has 5 nitrogen and oxygen atoms in total. The number of nitrogens with zero attached hydrogens (tertiary/aromatic N) is 1. The maximum Gasteiger partial charge on any atom is 0.253 e. The molecule has 2 rings (SSSR count). The standard InChI is InChI=1S/C11H16N2O3S2/c1-2-12-11(14)9-5-3-7-13(9)18(15,16)10-6-4-8-17-10/h4,6,8-9H,2-3,5,7H2,1H3,(H,12,14)/t9-/m0/s1. The van der Waals surface area contributed by atoms with Gasteiger partial charge >= 0.3 is 0 Å². The molecular formula is C11H16N2O3S2. The van der Waals surface area contributed by atoms with Crippen LogP contribution in [-0.2, 0) is 14.8 Å². The van der Waals surface area contributed by atoms with Gasteiger partial charge in [-0.1, -0.05) is 6.07 Å². The topological polar surface area (TPSA) is 66.5 Å². The monoisotopic (exact) mass is 288 g/mol. The Morgan fingerprint density at radius 1 is 1.61 bits per heavy atom. The van der Waals surface area contributed by atoms with Crippen LogP contribution in [0.5, 0.6) is 0 Å². The van der Waals surface area contributed by atoms with Crippen LogP contribution in [0.15, 0.2) is 21.7 Å². The summed E-state index contributed by atoms with van der Waals surface area (Å²) in [4.78, 5) is 11.9. The van der Waals surface area contributed by atoms with Crippen molar-refractivity contribution in [3.8, 4) is 0 Å². The second-order valence-corrected chi connectivity index (χ2v) is 7.17. The van der Waals surface area contributed by atoms with Crippen LogP contribution in [0.2, 0.25) is 0 Å². The summed E-state index contributed by atoms with van der Waals surface area (Å²) in [5, 5.41) is 4.42. The fourth-order valence-corrected chi connectivity index (χ4v) is 4.88. The zero-order chi connectivity index (χ0) is 13.2. The molecular weight excluding hydrogens is 272 g/mol. The third kappa shape index (κ3) is 2.43. The second kappa shape index (κ2) is 5.38. The van der Waals surface area contributed by atoms with E-state index in [1.165, 1.54) is 15.6 Å². The van der Waals surface area contributed by atoms with Crippen molar-refractivity contribution in [1.29, 1.82) is 0 Å². The maximum absolute atomic E-state index is 12.4. The molecule has 1 aliphatic rings. The van der Waals surface area contributed by atoms with E-state index in [1.54, 1.807) is 17.5 Å². The van der Waals surface area contributed by atoms with Crippen molar-refractivity contribution in [3.63, 3.8) is 0 Å². The van der Waals surface area contributed by atoms with Gasteiger partial charge in [-0.05, 0) is 31.2 Å². The van der Waals surface area contributed by atoms with Crippen LogP contribution >= 0.6 is 11.3 Å². The highest BCUT2D eigenvalue weighted by Crippen LogP contribution is 2.28. The molecule has 0 aromatic carbocycles. The van der Waals surface area contributed by atoms with Crippen molar-refractivity contribution >= 4 is 27.3 Å². The molecule has 0 bridgehead atoms. The smallest absolute Gasteiger partial charge is 0.253 e. The van der Waals surface area contributed by atoms with E-state index in [0.29, 0.717) is 23.7 Å². The number of carbonyl (C=O) groups is 1. The summed E-state index contributed by atoms with van der Waals surface area (Å²) in [5.74, 6) is -0.199. The van der Waals surface area contributed by atoms with Gasteiger partial charge in [0.2, 0.25) is 5.91 Å². The Labute approximate surface area is 111 Å². The Hall–Kier alpha value is -0.920. The third-order valence-corrected chi connectivity index (χ3v) is 6.20. The van der Waals surface area contributed by atoms with Crippen molar-refractivity contribution in [2.45, 2.75) is 30.0 Å². The Balaban J connectivity index is 2.24. The molecule has 1 N–H and O–H groups in total. The summed E-state index contributed by atoms with van der Waals surface area (Å²) in [6, 6.07) is 2.72. The first-order chi connectivity index (χ1) is 8.57. The van der Waals surface area contributed by atoms with E-state index in [2.05, 4.69) is 5.32 Å². The minimum atomic E-state index is -3.52. The third-order valence-electron chi connectivity index (χ3n) is 2.92. The molecule has 7 heteroatoms. The quantitative estimate of drug-likeness (QED) is 0.900. The second-order valence-electron chi connectivity index (χ2n) is 4.10. The fraction of sp³-hybridized carbons (Fsp3) is 0.545. The highest BCUT2D eigenvalue weighted by Gasteiger charge is 2.39. The van der Waals surface area contributed by atoms with Crippen LogP contribution in [0.25, 0.3) is 0 Å². The number of hydrogen-bond donors (Lipinski definition) is 1. The number of nitrogens with one attached hydrogen (secondary N) is 1. The Morgan fingerprint density at radius 3 is 3.00 bits per heavy atom. The van der Waals surface area contributed by atoms with Crippen LogP contribution in [0.1, 0.15) is 19.8 Å². The molecule has 18 heavy (non-hydrogen) atoms. The van der Waals surface area contributed by atoms with Gasteiger partial charge in [0.05, 0.1) is 0 Å². The number of thiophene rings is 1. The normalized spacial score (nSPS) is 21.1. The Kier molecular flexibility index (Phi) is 4.04. The zero-order valence-corrected chi connectivity index (χ0v) is 11.8. The van der Waals surface area contributed by atoms with Crippen molar-refractivity contribution in [1.82, 2.24) is 9.62 Å². The molecule has 0 unspecified atom stereocenters. The predicted molar refractivity (Wildman–Crippen MR) is 69.9 cm³/mol. The highest BCUT2D eigenvalue weighted by atomic mass is 32.2. The summed E-state index contributed by atoms with van der Waals surface area (Å²) in [7, 11) is -3.52. The van der Waals surface area contributed by atoms with E-state index in [-0.39, 0.29) is 5.91 Å². The first-order valence-electron chi connectivity index (χ1n) is 5.90. The predicted octanol–water partition coefficient (Wildman–Crippen LogP) is 1.04. The first-order valence-corrected chi connectivity index (χ1v) is 8.22. The lowest BCUT2D eigenvalue weighted by Gasteiger charge is -2.22. The average molecular weight is 288 g/mol. The lowest BCUT2D eigenvalue weighted by Crippen LogP contribution is -2.45. The molecule has 100 valence electrons. The minimum Gasteiger partial charge on any atom is -0.355 e. The van der Waals surface area contributed by atoms with Gasteiger partial charge in [0.1, 0.15) is 10.3 Å². The van der Waals surface area contributed by atoms with Gasteiger partial charge in [-0.3, -0.25) is 4.79 Å². The maximum atomic E-state index is 12.4. The molecule has 1 atom stereocenters. The van der Waals surface area contributed by atoms with Gasteiger partial charge in [0, 0.05) is 13.1 Å². The van der Waals surface area contributed by atoms with E-state index < -0.39 is 16.1 Å². The lowest BCUT2D eigenvalue weighted by molar-refractivity contribution is -0.124. The Morgan fingerprint density at radius 2 is 2.39 bits per heavy atom. The summed E-state index contributed by atoms with van der Waals surface area (Å²) in [6.07, 6.45) is 1.32. The fourth-order valence-electron chi connectivity index (χ4n) is 2.11. The van der Waals surface area contributed by atoms with Gasteiger partial charge in [0.25, 0.3) is 10.0 Å². The van der Waals surface area contributed by atoms with Gasteiger partial charge < -0.3 is 5.32 Å². The van der Waals surface area contributed by atoms with Crippen LogP contribution in [-0.4, -0.2) is 37.8 Å². The van der Waals surface area contributed by atoms with Crippen LogP contribution < -0.4 is 5.32 Å². The van der Waals surface area contributed by atoms with Gasteiger partial charge in [-0.25, -0.2) is 8.42 Å². The SMILES string of the molecule is CCNC(=O)[C@@H]1CCCN1S(=O)(=O)c1cccs1. The molecule has 0 saturated carbocycles. The zero-order valence-electron chi connectivity index (χ0n) is 10.1. The summed E-state index contributed by atoms with van der Waals surface area (Å²) >= 11 is 1.18. The summed E-state index contributed by atoms with van der Waals surface area (Å²) in [5.41, 5.74) is 0. The number of amides is 1. The number of rotatable bonds is 4.